The van der Waals surface area contributed by atoms with Gasteiger partial charge in [-0.05, 0) is 19.3 Å². The van der Waals surface area contributed by atoms with Crippen molar-refractivity contribution in [1.29, 1.82) is 0 Å². The van der Waals surface area contributed by atoms with Crippen LogP contribution in [-0.4, -0.2) is 34.5 Å². The Bertz CT molecular complexity index is 298. The van der Waals surface area contributed by atoms with E-state index in [0.717, 1.165) is 38.5 Å². The number of carboxylic acid groups (broad SMARTS) is 1. The van der Waals surface area contributed by atoms with E-state index in [1.165, 1.54) is 6.42 Å². The maximum absolute atomic E-state index is 12.3. The first-order chi connectivity index (χ1) is 9.06. The van der Waals surface area contributed by atoms with Crippen molar-refractivity contribution in [2.45, 2.75) is 71.3 Å². The van der Waals surface area contributed by atoms with Crippen LogP contribution in [0.3, 0.4) is 0 Å². The molecule has 1 aliphatic carbocycles. The van der Waals surface area contributed by atoms with Crippen molar-refractivity contribution < 1.29 is 14.7 Å². The van der Waals surface area contributed by atoms with E-state index in [4.69, 9.17) is 5.11 Å². The lowest BCUT2D eigenvalue weighted by atomic mass is 9.93. The Morgan fingerprint density at radius 3 is 2.42 bits per heavy atom. The Labute approximate surface area is 116 Å². The summed E-state index contributed by atoms with van der Waals surface area (Å²) in [5, 5.41) is 9.05. The molecule has 0 bridgehead atoms. The second-order valence-electron chi connectivity index (χ2n) is 5.68. The number of amides is 1. The number of unbranched alkanes of at least 4 members (excludes halogenated alkanes) is 1. The van der Waals surface area contributed by atoms with Crippen molar-refractivity contribution in [2.24, 2.45) is 5.92 Å². The monoisotopic (exact) mass is 269 g/mol. The van der Waals surface area contributed by atoms with Gasteiger partial charge in [0.15, 0.2) is 0 Å². The lowest BCUT2D eigenvalue weighted by Crippen LogP contribution is -2.44. The molecule has 1 N–H and O–H groups in total. The standard InChI is InChI=1S/C15H27NO3/c1-3-4-10-14(17)16(11-12(2)15(18)19)13-8-6-5-7-9-13/h12-13H,3-11H2,1-2H3,(H,18,19). The minimum absolute atomic E-state index is 0.141. The summed E-state index contributed by atoms with van der Waals surface area (Å²) in [4.78, 5) is 25.2. The average molecular weight is 269 g/mol. The molecular formula is C15H27NO3. The Balaban J connectivity index is 2.65. The number of hydrogen-bond acceptors (Lipinski definition) is 2. The average Bonchev–Trinajstić information content (AvgIpc) is 2.42. The van der Waals surface area contributed by atoms with Crippen molar-refractivity contribution in [2.75, 3.05) is 6.54 Å². The molecule has 1 unspecified atom stereocenters. The van der Waals surface area contributed by atoms with Gasteiger partial charge in [0.1, 0.15) is 0 Å². The fraction of sp³-hybridized carbons (Fsp3) is 0.867. The molecule has 1 aliphatic rings. The fourth-order valence-electron chi connectivity index (χ4n) is 2.69. The van der Waals surface area contributed by atoms with Gasteiger partial charge in [0.2, 0.25) is 5.91 Å². The summed E-state index contributed by atoms with van der Waals surface area (Å²) in [6.45, 7) is 4.12. The summed E-state index contributed by atoms with van der Waals surface area (Å²) in [5.41, 5.74) is 0. The predicted octanol–water partition coefficient (Wildman–Crippen LogP) is 3.06. The van der Waals surface area contributed by atoms with Crippen LogP contribution in [0.25, 0.3) is 0 Å². The number of carbonyl (C=O) groups is 2. The molecule has 1 fully saturated rings. The van der Waals surface area contributed by atoms with Gasteiger partial charge in [0, 0.05) is 19.0 Å². The molecule has 0 saturated heterocycles. The van der Waals surface area contributed by atoms with Crippen LogP contribution in [0.1, 0.15) is 65.2 Å². The number of carbonyl (C=O) groups excluding carboxylic acids is 1. The van der Waals surface area contributed by atoms with E-state index in [-0.39, 0.29) is 11.9 Å². The van der Waals surface area contributed by atoms with Crippen molar-refractivity contribution in [3.63, 3.8) is 0 Å². The van der Waals surface area contributed by atoms with Crippen LogP contribution in [0.2, 0.25) is 0 Å². The van der Waals surface area contributed by atoms with Crippen molar-refractivity contribution in [1.82, 2.24) is 4.90 Å². The van der Waals surface area contributed by atoms with Gasteiger partial charge in [-0.1, -0.05) is 39.5 Å². The summed E-state index contributed by atoms with van der Waals surface area (Å²) in [6, 6.07) is 0.264. The minimum atomic E-state index is -0.816. The molecule has 0 aromatic rings. The first-order valence-corrected chi connectivity index (χ1v) is 7.58. The Kier molecular flexibility index (Phi) is 6.89. The Morgan fingerprint density at radius 2 is 1.89 bits per heavy atom. The molecule has 0 aliphatic heterocycles. The summed E-state index contributed by atoms with van der Waals surface area (Å²) in [7, 11) is 0. The van der Waals surface area contributed by atoms with Gasteiger partial charge in [-0.25, -0.2) is 0 Å². The Morgan fingerprint density at radius 1 is 1.26 bits per heavy atom. The molecule has 19 heavy (non-hydrogen) atoms. The van der Waals surface area contributed by atoms with Gasteiger partial charge in [-0.3, -0.25) is 9.59 Å². The number of nitrogens with zero attached hydrogens (tertiary/aromatic N) is 1. The molecule has 0 radical (unpaired) electrons. The highest BCUT2D eigenvalue weighted by Crippen LogP contribution is 2.24. The molecule has 4 nitrogen and oxygen atoms in total. The van der Waals surface area contributed by atoms with Gasteiger partial charge < -0.3 is 10.0 Å². The van der Waals surface area contributed by atoms with Crippen molar-refractivity contribution in [3.8, 4) is 0 Å². The van der Waals surface area contributed by atoms with E-state index in [2.05, 4.69) is 6.92 Å². The maximum Gasteiger partial charge on any atom is 0.308 e. The molecule has 1 amide bonds. The molecule has 0 heterocycles. The third-order valence-electron chi connectivity index (χ3n) is 3.97. The molecule has 110 valence electrons. The zero-order chi connectivity index (χ0) is 14.3. The Hall–Kier alpha value is -1.06. The van der Waals surface area contributed by atoms with Crippen LogP contribution < -0.4 is 0 Å². The van der Waals surface area contributed by atoms with E-state index in [1.54, 1.807) is 6.92 Å². The summed E-state index contributed by atoms with van der Waals surface area (Å²) in [5.74, 6) is -1.15. The van der Waals surface area contributed by atoms with Crippen LogP contribution in [0, 0.1) is 5.92 Å². The van der Waals surface area contributed by atoms with Gasteiger partial charge in [-0.15, -0.1) is 0 Å². The largest absolute Gasteiger partial charge is 0.481 e. The number of rotatable bonds is 7. The highest BCUT2D eigenvalue weighted by Gasteiger charge is 2.27. The van der Waals surface area contributed by atoms with E-state index in [0.29, 0.717) is 13.0 Å². The number of aliphatic carboxylic acids is 1. The molecule has 1 atom stereocenters. The lowest BCUT2D eigenvalue weighted by Gasteiger charge is -2.35. The van der Waals surface area contributed by atoms with Gasteiger partial charge >= 0.3 is 5.97 Å². The van der Waals surface area contributed by atoms with Crippen LogP contribution in [-0.2, 0) is 9.59 Å². The fourth-order valence-corrected chi connectivity index (χ4v) is 2.69. The molecule has 4 heteroatoms. The van der Waals surface area contributed by atoms with Crippen LogP contribution in [0.5, 0.6) is 0 Å². The number of carboxylic acids is 1. The SMILES string of the molecule is CCCCC(=O)N(CC(C)C(=O)O)C1CCCCC1. The number of hydrogen-bond donors (Lipinski definition) is 1. The summed E-state index contributed by atoms with van der Waals surface area (Å²) < 4.78 is 0. The highest BCUT2D eigenvalue weighted by atomic mass is 16.4. The summed E-state index contributed by atoms with van der Waals surface area (Å²) in [6.07, 6.45) is 8.06. The van der Waals surface area contributed by atoms with Crippen LogP contribution in [0.4, 0.5) is 0 Å². The van der Waals surface area contributed by atoms with E-state index < -0.39 is 11.9 Å². The zero-order valence-corrected chi connectivity index (χ0v) is 12.2. The van der Waals surface area contributed by atoms with Gasteiger partial charge in [-0.2, -0.15) is 0 Å². The molecule has 0 spiro atoms. The second kappa shape index (κ2) is 8.18. The van der Waals surface area contributed by atoms with Gasteiger partial charge in [0.05, 0.1) is 5.92 Å². The van der Waals surface area contributed by atoms with Gasteiger partial charge in [0.25, 0.3) is 0 Å². The summed E-state index contributed by atoms with van der Waals surface area (Å²) >= 11 is 0. The van der Waals surface area contributed by atoms with E-state index >= 15 is 0 Å². The first kappa shape index (κ1) is 16.0. The molecule has 1 rings (SSSR count). The second-order valence-corrected chi connectivity index (χ2v) is 5.68. The third kappa shape index (κ3) is 5.21. The molecular weight excluding hydrogens is 242 g/mol. The predicted molar refractivity (Wildman–Crippen MR) is 74.9 cm³/mol. The smallest absolute Gasteiger partial charge is 0.308 e. The minimum Gasteiger partial charge on any atom is -0.481 e. The zero-order valence-electron chi connectivity index (χ0n) is 12.2. The quantitative estimate of drug-likeness (QED) is 0.772. The van der Waals surface area contributed by atoms with E-state index in [1.807, 2.05) is 4.90 Å². The molecule has 1 saturated carbocycles. The highest BCUT2D eigenvalue weighted by molar-refractivity contribution is 5.77. The molecule has 0 aromatic heterocycles. The maximum atomic E-state index is 12.3. The molecule has 0 aromatic carbocycles. The van der Waals surface area contributed by atoms with Crippen LogP contribution in [0.15, 0.2) is 0 Å². The first-order valence-electron chi connectivity index (χ1n) is 7.58. The van der Waals surface area contributed by atoms with Crippen LogP contribution >= 0.6 is 0 Å². The van der Waals surface area contributed by atoms with E-state index in [9.17, 15) is 9.59 Å². The lowest BCUT2D eigenvalue weighted by molar-refractivity contribution is -0.144. The topological polar surface area (TPSA) is 57.6 Å². The normalized spacial score (nSPS) is 18.0. The third-order valence-corrected chi connectivity index (χ3v) is 3.97. The van der Waals surface area contributed by atoms with Crippen molar-refractivity contribution in [3.05, 3.63) is 0 Å². The van der Waals surface area contributed by atoms with Crippen molar-refractivity contribution >= 4 is 11.9 Å².